The van der Waals surface area contributed by atoms with Crippen molar-refractivity contribution < 1.29 is 14.3 Å². The molecule has 0 radical (unpaired) electrons. The molecule has 2 heterocycles. The molecule has 0 bridgehead atoms. The molecule has 0 unspecified atom stereocenters. The van der Waals surface area contributed by atoms with Crippen LogP contribution in [-0.2, 0) is 0 Å². The summed E-state index contributed by atoms with van der Waals surface area (Å²) in [5.74, 6) is -0.536. The molecule has 100 valence electrons. The fraction of sp³-hybridized carbons (Fsp3) is 0.0667. The lowest BCUT2D eigenvalue weighted by atomic mass is 10.2. The van der Waals surface area contributed by atoms with E-state index in [4.69, 9.17) is 9.52 Å². The van der Waals surface area contributed by atoms with Gasteiger partial charge < -0.3 is 9.52 Å². The van der Waals surface area contributed by atoms with Gasteiger partial charge in [-0.15, -0.1) is 11.3 Å². The van der Waals surface area contributed by atoms with E-state index in [0.29, 0.717) is 11.5 Å². The molecule has 0 saturated heterocycles. The zero-order valence-electron chi connectivity index (χ0n) is 10.7. The van der Waals surface area contributed by atoms with Crippen molar-refractivity contribution in [1.29, 1.82) is 0 Å². The highest BCUT2D eigenvalue weighted by Gasteiger charge is 2.13. The normalized spacial score (nSPS) is 10.7. The molecular weight excluding hydrogens is 274 g/mol. The Morgan fingerprint density at radius 2 is 2.05 bits per heavy atom. The number of hydrogen-bond acceptors (Lipinski definition) is 4. The van der Waals surface area contributed by atoms with Gasteiger partial charge in [0.2, 0.25) is 0 Å². The van der Waals surface area contributed by atoms with Crippen LogP contribution in [0.5, 0.6) is 0 Å². The average Bonchev–Trinajstić information content (AvgIpc) is 3.08. The Bertz CT molecular complexity index is 756. The van der Waals surface area contributed by atoms with Crippen molar-refractivity contribution in [3.63, 3.8) is 0 Å². The SMILES string of the molecule is Cc1ccc(-c2nc(-c3cc(C(=O)O)co3)cs2)cc1. The largest absolute Gasteiger partial charge is 0.478 e. The molecule has 0 aliphatic carbocycles. The topological polar surface area (TPSA) is 63.3 Å². The molecule has 0 fully saturated rings. The number of hydrogen-bond donors (Lipinski definition) is 1. The van der Waals surface area contributed by atoms with Gasteiger partial charge in [-0.05, 0) is 6.92 Å². The molecule has 20 heavy (non-hydrogen) atoms. The van der Waals surface area contributed by atoms with Crippen LogP contribution in [0, 0.1) is 6.92 Å². The molecule has 0 saturated carbocycles. The van der Waals surface area contributed by atoms with Crippen molar-refractivity contribution in [2.75, 3.05) is 0 Å². The van der Waals surface area contributed by atoms with Crippen molar-refractivity contribution in [3.05, 3.63) is 53.1 Å². The Hall–Kier alpha value is -2.40. The molecule has 2 aromatic heterocycles. The summed E-state index contributed by atoms with van der Waals surface area (Å²) in [4.78, 5) is 15.3. The second-order valence-corrected chi connectivity index (χ2v) is 5.27. The Morgan fingerprint density at radius 1 is 1.30 bits per heavy atom. The van der Waals surface area contributed by atoms with Crippen LogP contribution in [0.2, 0.25) is 0 Å². The average molecular weight is 285 g/mol. The number of thiazole rings is 1. The van der Waals surface area contributed by atoms with Gasteiger partial charge in [0.1, 0.15) is 17.0 Å². The predicted molar refractivity (Wildman–Crippen MR) is 76.9 cm³/mol. The van der Waals surface area contributed by atoms with Crippen molar-refractivity contribution in [2.24, 2.45) is 0 Å². The number of aromatic carboxylic acids is 1. The molecule has 0 spiro atoms. The molecule has 3 aromatic rings. The first kappa shape index (κ1) is 12.6. The van der Waals surface area contributed by atoms with Crippen LogP contribution in [0.4, 0.5) is 0 Å². The lowest BCUT2D eigenvalue weighted by molar-refractivity contribution is 0.0696. The minimum atomic E-state index is -1.01. The van der Waals surface area contributed by atoms with Gasteiger partial charge in [-0.2, -0.15) is 0 Å². The van der Waals surface area contributed by atoms with Gasteiger partial charge in [0.25, 0.3) is 0 Å². The van der Waals surface area contributed by atoms with Gasteiger partial charge >= 0.3 is 5.97 Å². The Labute approximate surface area is 119 Å². The number of aromatic nitrogens is 1. The van der Waals surface area contributed by atoms with E-state index in [1.54, 1.807) is 0 Å². The van der Waals surface area contributed by atoms with Gasteiger partial charge in [0, 0.05) is 17.0 Å². The second kappa shape index (κ2) is 4.94. The molecule has 0 aliphatic heterocycles. The van der Waals surface area contributed by atoms with E-state index in [9.17, 15) is 4.79 Å². The van der Waals surface area contributed by atoms with Gasteiger partial charge in [-0.25, -0.2) is 9.78 Å². The number of aryl methyl sites for hydroxylation is 1. The third-order valence-corrected chi connectivity index (χ3v) is 3.79. The summed E-state index contributed by atoms with van der Waals surface area (Å²) in [6, 6.07) is 9.58. The van der Waals surface area contributed by atoms with Crippen molar-refractivity contribution in [3.8, 4) is 22.0 Å². The highest BCUT2D eigenvalue weighted by Crippen LogP contribution is 2.29. The summed E-state index contributed by atoms with van der Waals surface area (Å²) < 4.78 is 5.24. The molecular formula is C15H11NO3S. The third kappa shape index (κ3) is 2.35. The van der Waals surface area contributed by atoms with E-state index < -0.39 is 5.97 Å². The predicted octanol–water partition coefficient (Wildman–Crippen LogP) is 4.08. The van der Waals surface area contributed by atoms with Crippen LogP contribution < -0.4 is 0 Å². The Morgan fingerprint density at radius 3 is 2.70 bits per heavy atom. The molecule has 5 heteroatoms. The van der Waals surface area contributed by atoms with E-state index >= 15 is 0 Å². The standard InChI is InChI=1S/C15H11NO3S/c1-9-2-4-10(5-3-9)14-16-12(8-20-14)13-6-11(7-19-13)15(17)18/h2-8H,1H3,(H,17,18). The molecule has 0 amide bonds. The fourth-order valence-electron chi connectivity index (χ4n) is 1.80. The van der Waals surface area contributed by atoms with Crippen molar-refractivity contribution >= 4 is 17.3 Å². The first-order valence-corrected chi connectivity index (χ1v) is 6.86. The maximum atomic E-state index is 10.8. The highest BCUT2D eigenvalue weighted by atomic mass is 32.1. The van der Waals surface area contributed by atoms with Crippen LogP contribution >= 0.6 is 11.3 Å². The van der Waals surface area contributed by atoms with Gasteiger partial charge in [-0.1, -0.05) is 29.8 Å². The van der Waals surface area contributed by atoms with E-state index in [2.05, 4.69) is 4.98 Å². The lowest BCUT2D eigenvalue weighted by Gasteiger charge is -1.96. The van der Waals surface area contributed by atoms with Crippen LogP contribution in [-0.4, -0.2) is 16.1 Å². The number of carboxylic acid groups (broad SMARTS) is 1. The van der Waals surface area contributed by atoms with E-state index in [1.807, 2.05) is 36.6 Å². The monoisotopic (exact) mass is 285 g/mol. The molecule has 4 nitrogen and oxygen atoms in total. The van der Waals surface area contributed by atoms with Crippen LogP contribution in [0.25, 0.3) is 22.0 Å². The fourth-order valence-corrected chi connectivity index (χ4v) is 2.61. The van der Waals surface area contributed by atoms with Crippen LogP contribution in [0.3, 0.4) is 0 Å². The number of benzene rings is 1. The number of rotatable bonds is 3. The maximum Gasteiger partial charge on any atom is 0.338 e. The van der Waals surface area contributed by atoms with Crippen molar-refractivity contribution in [1.82, 2.24) is 4.98 Å². The van der Waals surface area contributed by atoms with E-state index in [-0.39, 0.29) is 5.56 Å². The maximum absolute atomic E-state index is 10.8. The highest BCUT2D eigenvalue weighted by molar-refractivity contribution is 7.13. The van der Waals surface area contributed by atoms with Crippen molar-refractivity contribution in [2.45, 2.75) is 6.92 Å². The summed E-state index contributed by atoms with van der Waals surface area (Å²) in [5.41, 5.74) is 3.02. The molecule has 0 aliphatic rings. The zero-order valence-corrected chi connectivity index (χ0v) is 11.5. The summed E-state index contributed by atoms with van der Waals surface area (Å²) in [7, 11) is 0. The Balaban J connectivity index is 1.93. The number of carbonyl (C=O) groups is 1. The smallest absolute Gasteiger partial charge is 0.338 e. The van der Waals surface area contributed by atoms with E-state index in [0.717, 1.165) is 10.6 Å². The zero-order chi connectivity index (χ0) is 14.1. The third-order valence-electron chi connectivity index (χ3n) is 2.90. The molecule has 1 aromatic carbocycles. The van der Waals surface area contributed by atoms with Gasteiger partial charge in [-0.3, -0.25) is 0 Å². The number of furan rings is 1. The van der Waals surface area contributed by atoms with Gasteiger partial charge in [0.15, 0.2) is 5.76 Å². The van der Waals surface area contributed by atoms with Crippen LogP contribution in [0.1, 0.15) is 15.9 Å². The summed E-state index contributed by atoms with van der Waals surface area (Å²) in [5, 5.41) is 11.6. The summed E-state index contributed by atoms with van der Waals surface area (Å²) in [6.45, 7) is 2.04. The van der Waals surface area contributed by atoms with E-state index in [1.165, 1.54) is 29.2 Å². The first-order valence-electron chi connectivity index (χ1n) is 5.98. The van der Waals surface area contributed by atoms with Crippen LogP contribution in [0.15, 0.2) is 46.4 Å². The minimum absolute atomic E-state index is 0.130. The minimum Gasteiger partial charge on any atom is -0.478 e. The quantitative estimate of drug-likeness (QED) is 0.787. The number of nitrogens with zero attached hydrogens (tertiary/aromatic N) is 1. The molecule has 3 rings (SSSR count). The molecule has 0 atom stereocenters. The summed E-state index contributed by atoms with van der Waals surface area (Å²) >= 11 is 1.50. The first-order chi connectivity index (χ1) is 9.63. The Kier molecular flexibility index (Phi) is 3.12. The molecule has 1 N–H and O–H groups in total. The summed E-state index contributed by atoms with van der Waals surface area (Å²) in [6.07, 6.45) is 1.22. The number of carboxylic acids is 1. The second-order valence-electron chi connectivity index (χ2n) is 4.41. The lowest BCUT2D eigenvalue weighted by Crippen LogP contribution is -1.91. The van der Waals surface area contributed by atoms with Gasteiger partial charge in [0.05, 0.1) is 5.56 Å².